The average molecular weight is 477 g/mol. The van der Waals surface area contributed by atoms with E-state index in [4.69, 9.17) is 24.7 Å². The zero-order chi connectivity index (χ0) is 25.4. The molecule has 0 fully saturated rings. The second kappa shape index (κ2) is 11.5. The molecule has 3 rings (SSSR count). The molecule has 0 saturated heterocycles. The Balaban J connectivity index is 1.70. The van der Waals surface area contributed by atoms with Crippen molar-refractivity contribution in [1.82, 2.24) is 0 Å². The third-order valence-electron chi connectivity index (χ3n) is 5.12. The molecule has 0 bridgehead atoms. The highest BCUT2D eigenvalue weighted by atomic mass is 16.5. The van der Waals surface area contributed by atoms with Crippen molar-refractivity contribution >= 4 is 35.5 Å². The van der Waals surface area contributed by atoms with Gasteiger partial charge in [-0.1, -0.05) is 24.3 Å². The Hall–Kier alpha value is -4.59. The molecule has 0 unspecified atom stereocenters. The summed E-state index contributed by atoms with van der Waals surface area (Å²) in [4.78, 5) is 12.3. The van der Waals surface area contributed by atoms with Crippen LogP contribution in [0, 0.1) is 0 Å². The van der Waals surface area contributed by atoms with E-state index < -0.39 is 5.91 Å². The molecule has 8 nitrogen and oxygen atoms in total. The van der Waals surface area contributed by atoms with E-state index in [1.165, 1.54) is 13.2 Å². The van der Waals surface area contributed by atoms with E-state index in [1.807, 2.05) is 24.3 Å². The molecule has 3 aromatic rings. The van der Waals surface area contributed by atoms with Gasteiger partial charge in [-0.15, -0.1) is 0 Å². The minimum atomic E-state index is -0.393. The molecule has 0 aliphatic rings. The van der Waals surface area contributed by atoms with E-state index in [2.05, 4.69) is 5.32 Å². The summed E-state index contributed by atoms with van der Waals surface area (Å²) in [5.41, 5.74) is 8.95. The van der Waals surface area contributed by atoms with Crippen molar-refractivity contribution in [3.8, 4) is 28.7 Å². The van der Waals surface area contributed by atoms with Gasteiger partial charge in [-0.25, -0.2) is 0 Å². The molecule has 1 amide bonds. The largest absolute Gasteiger partial charge is 0.506 e. The van der Waals surface area contributed by atoms with Crippen LogP contribution in [0.25, 0.3) is 18.2 Å². The first-order chi connectivity index (χ1) is 16.9. The number of hydrogen-bond acceptors (Lipinski definition) is 7. The highest BCUT2D eigenvalue weighted by Crippen LogP contribution is 2.38. The number of nitrogens with one attached hydrogen (secondary N) is 1. The van der Waals surface area contributed by atoms with Crippen LogP contribution in [0.2, 0.25) is 0 Å². The quantitative estimate of drug-likeness (QED) is 0.175. The number of phenols is 1. The predicted octanol–water partition coefficient (Wildman–Crippen LogP) is 4.83. The molecular weight excluding hydrogens is 448 g/mol. The SMILES string of the molecule is COc1ccc(/C=C\C(=O)Nc2ccc(/C=C\c3cc(OC)c(OC)c(OC)c3)cc2O)cc1N. The van der Waals surface area contributed by atoms with Gasteiger partial charge < -0.3 is 35.1 Å². The Kier molecular flexibility index (Phi) is 8.24. The van der Waals surface area contributed by atoms with Gasteiger partial charge in [0.25, 0.3) is 0 Å². The summed E-state index contributed by atoms with van der Waals surface area (Å²) in [6.07, 6.45) is 6.65. The maximum absolute atomic E-state index is 12.3. The third kappa shape index (κ3) is 6.26. The van der Waals surface area contributed by atoms with Crippen LogP contribution in [0.5, 0.6) is 28.7 Å². The second-order valence-electron chi connectivity index (χ2n) is 7.39. The lowest BCUT2D eigenvalue weighted by Crippen LogP contribution is -2.07. The van der Waals surface area contributed by atoms with Crippen LogP contribution >= 0.6 is 0 Å². The number of phenolic OH excluding ortho intramolecular Hbond substituents is 1. The summed E-state index contributed by atoms with van der Waals surface area (Å²) in [6, 6.07) is 13.8. The van der Waals surface area contributed by atoms with E-state index >= 15 is 0 Å². The van der Waals surface area contributed by atoms with Crippen LogP contribution in [-0.4, -0.2) is 39.5 Å². The number of aromatic hydroxyl groups is 1. The topological polar surface area (TPSA) is 112 Å². The minimum absolute atomic E-state index is 0.0625. The first-order valence-electron chi connectivity index (χ1n) is 10.6. The van der Waals surface area contributed by atoms with Crippen LogP contribution in [0.4, 0.5) is 11.4 Å². The number of benzene rings is 3. The maximum atomic E-state index is 12.3. The highest BCUT2D eigenvalue weighted by molar-refractivity contribution is 6.03. The number of nitrogen functional groups attached to an aromatic ring is 1. The first kappa shape index (κ1) is 25.0. The van der Waals surface area contributed by atoms with Crippen LogP contribution in [0.3, 0.4) is 0 Å². The maximum Gasteiger partial charge on any atom is 0.248 e. The molecule has 35 heavy (non-hydrogen) atoms. The summed E-state index contributed by atoms with van der Waals surface area (Å²) in [7, 11) is 6.19. The van der Waals surface area contributed by atoms with E-state index in [9.17, 15) is 9.90 Å². The number of hydrogen-bond donors (Lipinski definition) is 3. The van der Waals surface area contributed by atoms with Crippen molar-refractivity contribution in [3.63, 3.8) is 0 Å². The first-order valence-corrected chi connectivity index (χ1v) is 10.6. The minimum Gasteiger partial charge on any atom is -0.506 e. The Labute approximate surface area is 204 Å². The Morgan fingerprint density at radius 2 is 1.37 bits per heavy atom. The summed E-state index contributed by atoms with van der Waals surface area (Å²) >= 11 is 0. The zero-order valence-electron chi connectivity index (χ0n) is 20.0. The molecule has 0 aliphatic heterocycles. The van der Waals surface area contributed by atoms with Gasteiger partial charge in [0.15, 0.2) is 11.5 Å². The van der Waals surface area contributed by atoms with Crippen molar-refractivity contribution in [2.24, 2.45) is 0 Å². The fraction of sp³-hybridized carbons (Fsp3) is 0.148. The summed E-state index contributed by atoms with van der Waals surface area (Å²) in [5, 5.41) is 13.0. The van der Waals surface area contributed by atoms with E-state index in [0.29, 0.717) is 34.4 Å². The Bertz CT molecular complexity index is 1240. The van der Waals surface area contributed by atoms with Gasteiger partial charge in [-0.3, -0.25) is 4.79 Å². The molecule has 3 aromatic carbocycles. The monoisotopic (exact) mass is 476 g/mol. The predicted molar refractivity (Wildman–Crippen MR) is 138 cm³/mol. The Morgan fingerprint density at radius 3 is 1.94 bits per heavy atom. The van der Waals surface area contributed by atoms with Crippen LogP contribution < -0.4 is 30.0 Å². The average Bonchev–Trinajstić information content (AvgIpc) is 2.87. The van der Waals surface area contributed by atoms with Crippen molar-refractivity contribution < 1.29 is 28.8 Å². The molecule has 0 aliphatic carbocycles. The second-order valence-corrected chi connectivity index (χ2v) is 7.39. The van der Waals surface area contributed by atoms with E-state index in [-0.39, 0.29) is 5.75 Å². The Morgan fingerprint density at radius 1 is 0.771 bits per heavy atom. The van der Waals surface area contributed by atoms with Crippen molar-refractivity contribution in [2.75, 3.05) is 39.5 Å². The fourth-order valence-electron chi connectivity index (χ4n) is 3.35. The lowest BCUT2D eigenvalue weighted by Gasteiger charge is -2.12. The molecule has 0 heterocycles. The molecule has 0 spiro atoms. The highest BCUT2D eigenvalue weighted by Gasteiger charge is 2.12. The van der Waals surface area contributed by atoms with Crippen LogP contribution in [-0.2, 0) is 4.79 Å². The van der Waals surface area contributed by atoms with Gasteiger partial charge in [-0.05, 0) is 59.2 Å². The number of carbonyl (C=O) groups is 1. The molecule has 0 atom stereocenters. The molecular formula is C27H28N2O6. The lowest BCUT2D eigenvalue weighted by molar-refractivity contribution is -0.111. The number of anilines is 2. The van der Waals surface area contributed by atoms with Gasteiger partial charge in [0.1, 0.15) is 11.5 Å². The van der Waals surface area contributed by atoms with E-state index in [0.717, 1.165) is 16.7 Å². The zero-order valence-corrected chi connectivity index (χ0v) is 20.0. The number of methoxy groups -OCH3 is 4. The fourth-order valence-corrected chi connectivity index (χ4v) is 3.35. The molecule has 182 valence electrons. The lowest BCUT2D eigenvalue weighted by atomic mass is 10.1. The smallest absolute Gasteiger partial charge is 0.248 e. The molecule has 0 saturated carbocycles. The standard InChI is InChI=1S/C27H28N2O6/c1-32-23-11-8-17(13-20(23)28)9-12-26(31)29-21-10-7-18(14-22(21)30)5-6-19-15-24(33-2)27(35-4)25(16-19)34-3/h5-16,30H,28H2,1-4H3,(H,29,31)/b6-5-,12-9-. The molecule has 4 N–H and O–H groups in total. The number of carbonyl (C=O) groups excluding carboxylic acids is 1. The van der Waals surface area contributed by atoms with Crippen LogP contribution in [0.15, 0.2) is 54.6 Å². The summed E-state index contributed by atoms with van der Waals surface area (Å²) in [5.74, 6) is 1.70. The number of rotatable bonds is 9. The van der Waals surface area contributed by atoms with Gasteiger partial charge in [0.2, 0.25) is 11.7 Å². The van der Waals surface area contributed by atoms with Crippen molar-refractivity contribution in [3.05, 3.63) is 71.3 Å². The van der Waals surface area contributed by atoms with Crippen molar-refractivity contribution in [2.45, 2.75) is 0 Å². The van der Waals surface area contributed by atoms with Crippen molar-refractivity contribution in [1.29, 1.82) is 0 Å². The normalized spacial score (nSPS) is 11.0. The van der Waals surface area contributed by atoms with Gasteiger partial charge in [0.05, 0.1) is 39.8 Å². The van der Waals surface area contributed by atoms with Gasteiger partial charge in [0, 0.05) is 6.08 Å². The molecule has 8 heteroatoms. The van der Waals surface area contributed by atoms with Gasteiger partial charge >= 0.3 is 0 Å². The van der Waals surface area contributed by atoms with Gasteiger partial charge in [-0.2, -0.15) is 0 Å². The van der Waals surface area contributed by atoms with E-state index in [1.54, 1.807) is 63.8 Å². The number of ether oxygens (including phenoxy) is 4. The summed E-state index contributed by atoms with van der Waals surface area (Å²) in [6.45, 7) is 0. The van der Waals surface area contributed by atoms with Crippen LogP contribution in [0.1, 0.15) is 16.7 Å². The number of amides is 1. The third-order valence-corrected chi connectivity index (χ3v) is 5.12. The molecule has 0 radical (unpaired) electrons. The summed E-state index contributed by atoms with van der Waals surface area (Å²) < 4.78 is 21.2. The molecule has 0 aromatic heterocycles. The number of nitrogens with two attached hydrogens (primary N) is 1.